The smallest absolute Gasteiger partial charge is 0.324 e. The number of hydrogen-bond donors (Lipinski definition) is 4. The van der Waals surface area contributed by atoms with Crippen molar-refractivity contribution in [3.63, 3.8) is 0 Å². The van der Waals surface area contributed by atoms with Crippen LogP contribution in [-0.2, 0) is 10.7 Å². The number of nitrogens with zero attached hydrogens (tertiary/aromatic N) is 3. The van der Waals surface area contributed by atoms with E-state index in [-0.39, 0.29) is 28.7 Å². The maximum atomic E-state index is 12.7. The van der Waals surface area contributed by atoms with Crippen LogP contribution >= 0.6 is 7.60 Å². The molecule has 0 bridgehead atoms. The predicted octanol–water partition coefficient (Wildman–Crippen LogP) is 2.44. The molecule has 0 atom stereocenters. The fourth-order valence-electron chi connectivity index (χ4n) is 2.84. The van der Waals surface area contributed by atoms with Gasteiger partial charge in [-0.15, -0.1) is 0 Å². The fourth-order valence-corrected chi connectivity index (χ4v) is 3.47. The molecule has 0 aliphatic heterocycles. The molecular formula is C17H14N5O4P. The molecule has 0 unspecified atom stereocenters. The third-order valence-electron chi connectivity index (χ3n) is 3.98. The highest BCUT2D eigenvalue weighted by molar-refractivity contribution is 7.50. The van der Waals surface area contributed by atoms with Crippen LogP contribution < -0.4 is 5.32 Å². The average molecular weight is 383 g/mol. The minimum absolute atomic E-state index is 0.107. The summed E-state index contributed by atoms with van der Waals surface area (Å²) in [6.45, 7) is 0. The Labute approximate surface area is 152 Å². The standard InChI is InChI=1S/C17H14N5O4P/c23-16(12-7-3-5-10-4-1-2-6-11(10)12)22-17-20-14-13(8-27(24,25)26)18-9-19-15(14)21-17/h1-7,9H,8H2,(H2,24,25,26)(H2,18,19,20,21,22,23). The van der Waals surface area contributed by atoms with E-state index >= 15 is 0 Å². The molecule has 2 aromatic heterocycles. The molecule has 4 N–H and O–H groups in total. The molecular weight excluding hydrogens is 369 g/mol. The van der Waals surface area contributed by atoms with Crippen molar-refractivity contribution in [2.75, 3.05) is 5.32 Å². The lowest BCUT2D eigenvalue weighted by molar-refractivity contribution is 0.102. The van der Waals surface area contributed by atoms with Gasteiger partial charge in [0.05, 0.1) is 11.9 Å². The first-order valence-electron chi connectivity index (χ1n) is 7.94. The van der Waals surface area contributed by atoms with Crippen molar-refractivity contribution in [3.05, 3.63) is 60.0 Å². The van der Waals surface area contributed by atoms with E-state index in [1.54, 1.807) is 12.1 Å². The second-order valence-electron chi connectivity index (χ2n) is 5.91. The second kappa shape index (κ2) is 6.55. The number of rotatable bonds is 4. The Bertz CT molecular complexity index is 1210. The maximum absolute atomic E-state index is 12.7. The number of benzene rings is 2. The molecule has 0 saturated carbocycles. The third-order valence-corrected chi connectivity index (χ3v) is 4.69. The molecule has 0 radical (unpaired) electrons. The second-order valence-corrected chi connectivity index (χ2v) is 7.55. The topological polar surface area (TPSA) is 141 Å². The zero-order chi connectivity index (χ0) is 19.0. The van der Waals surface area contributed by atoms with Crippen LogP contribution in [0.3, 0.4) is 0 Å². The summed E-state index contributed by atoms with van der Waals surface area (Å²) in [5.41, 5.74) is 1.07. The van der Waals surface area contributed by atoms with Gasteiger partial charge in [-0.1, -0.05) is 36.4 Å². The van der Waals surface area contributed by atoms with Crippen molar-refractivity contribution in [2.45, 2.75) is 6.16 Å². The van der Waals surface area contributed by atoms with Gasteiger partial charge in [0.2, 0.25) is 5.95 Å². The third kappa shape index (κ3) is 3.56. The molecule has 2 aromatic carbocycles. The van der Waals surface area contributed by atoms with Crippen LogP contribution in [0.1, 0.15) is 16.1 Å². The lowest BCUT2D eigenvalue weighted by Crippen LogP contribution is -2.13. The largest absolute Gasteiger partial charge is 0.331 e. The Morgan fingerprint density at radius 2 is 1.89 bits per heavy atom. The Morgan fingerprint density at radius 1 is 1.11 bits per heavy atom. The van der Waals surface area contributed by atoms with Gasteiger partial charge in [-0.3, -0.25) is 14.7 Å². The Morgan fingerprint density at radius 3 is 2.70 bits per heavy atom. The molecule has 10 heteroatoms. The number of amides is 1. The highest BCUT2D eigenvalue weighted by atomic mass is 31.2. The summed E-state index contributed by atoms with van der Waals surface area (Å²) in [4.78, 5) is 45.9. The molecule has 4 rings (SSSR count). The summed E-state index contributed by atoms with van der Waals surface area (Å²) in [6.07, 6.45) is 0.620. The summed E-state index contributed by atoms with van der Waals surface area (Å²) >= 11 is 0. The highest BCUT2D eigenvalue weighted by Gasteiger charge is 2.20. The molecule has 0 aliphatic rings. The molecule has 0 saturated heterocycles. The number of hydrogen-bond acceptors (Lipinski definition) is 5. The van der Waals surface area contributed by atoms with Crippen molar-refractivity contribution in [2.24, 2.45) is 0 Å². The van der Waals surface area contributed by atoms with E-state index in [2.05, 4.69) is 25.3 Å². The van der Waals surface area contributed by atoms with E-state index in [1.807, 2.05) is 30.3 Å². The first-order chi connectivity index (χ1) is 12.9. The zero-order valence-corrected chi connectivity index (χ0v) is 14.7. The first kappa shape index (κ1) is 17.3. The van der Waals surface area contributed by atoms with E-state index < -0.39 is 13.8 Å². The van der Waals surface area contributed by atoms with Crippen LogP contribution in [0.4, 0.5) is 5.95 Å². The molecule has 27 heavy (non-hydrogen) atoms. The van der Waals surface area contributed by atoms with Crippen molar-refractivity contribution in [1.29, 1.82) is 0 Å². The van der Waals surface area contributed by atoms with E-state index in [1.165, 1.54) is 6.33 Å². The number of imidazole rings is 1. The number of H-pyrrole nitrogens is 1. The quantitative estimate of drug-likeness (QED) is 0.397. The predicted molar refractivity (Wildman–Crippen MR) is 99.3 cm³/mol. The summed E-state index contributed by atoms with van der Waals surface area (Å²) in [5, 5.41) is 4.40. The summed E-state index contributed by atoms with van der Waals surface area (Å²) in [5.74, 6) is -0.245. The number of aromatic nitrogens is 4. The van der Waals surface area contributed by atoms with E-state index in [4.69, 9.17) is 0 Å². The molecule has 136 valence electrons. The van der Waals surface area contributed by atoms with Crippen LogP contribution in [0.25, 0.3) is 21.9 Å². The summed E-state index contributed by atoms with van der Waals surface area (Å²) in [7, 11) is -4.32. The average Bonchev–Trinajstić information content (AvgIpc) is 3.03. The number of anilines is 1. The van der Waals surface area contributed by atoms with Gasteiger partial charge < -0.3 is 14.8 Å². The number of fused-ring (bicyclic) bond motifs is 2. The van der Waals surface area contributed by atoms with Crippen molar-refractivity contribution in [1.82, 2.24) is 19.9 Å². The Kier molecular flexibility index (Phi) is 4.19. The monoisotopic (exact) mass is 383 g/mol. The molecule has 0 aliphatic carbocycles. The Balaban J connectivity index is 1.68. The van der Waals surface area contributed by atoms with Gasteiger partial charge in [-0.25, -0.2) is 15.0 Å². The van der Waals surface area contributed by atoms with E-state index in [9.17, 15) is 19.1 Å². The molecule has 2 heterocycles. The van der Waals surface area contributed by atoms with Crippen LogP contribution in [0.15, 0.2) is 48.8 Å². The lowest BCUT2D eigenvalue weighted by Gasteiger charge is -2.06. The molecule has 4 aromatic rings. The van der Waals surface area contributed by atoms with Gasteiger partial charge in [0.25, 0.3) is 5.91 Å². The van der Waals surface area contributed by atoms with Crippen molar-refractivity contribution >= 4 is 41.4 Å². The van der Waals surface area contributed by atoms with Crippen LogP contribution in [0.2, 0.25) is 0 Å². The first-order valence-corrected chi connectivity index (χ1v) is 9.74. The Hall–Kier alpha value is -3.13. The van der Waals surface area contributed by atoms with Crippen LogP contribution in [0.5, 0.6) is 0 Å². The van der Waals surface area contributed by atoms with Crippen molar-refractivity contribution < 1.29 is 19.1 Å². The van der Waals surface area contributed by atoms with Crippen molar-refractivity contribution in [3.8, 4) is 0 Å². The van der Waals surface area contributed by atoms with Gasteiger partial charge in [0, 0.05) is 5.56 Å². The normalized spacial score (nSPS) is 11.8. The maximum Gasteiger partial charge on any atom is 0.331 e. The van der Waals surface area contributed by atoms with Gasteiger partial charge in [-0.2, -0.15) is 0 Å². The minimum Gasteiger partial charge on any atom is -0.324 e. The van der Waals surface area contributed by atoms with Gasteiger partial charge in [-0.05, 0) is 16.8 Å². The number of aromatic amines is 1. The van der Waals surface area contributed by atoms with Crippen LogP contribution in [-0.4, -0.2) is 35.6 Å². The minimum atomic E-state index is -4.32. The van der Waals surface area contributed by atoms with E-state index in [0.29, 0.717) is 5.56 Å². The molecule has 1 amide bonds. The molecule has 0 fully saturated rings. The lowest BCUT2D eigenvalue weighted by atomic mass is 10.0. The molecule has 9 nitrogen and oxygen atoms in total. The van der Waals surface area contributed by atoms with Gasteiger partial charge >= 0.3 is 7.60 Å². The van der Waals surface area contributed by atoms with Gasteiger partial charge in [0.15, 0.2) is 5.65 Å². The SMILES string of the molecule is O=C(Nc1nc2c(CP(=O)(O)O)ncnc2[nH]1)c1cccc2ccccc12. The highest BCUT2D eigenvalue weighted by Crippen LogP contribution is 2.39. The van der Waals surface area contributed by atoms with Crippen LogP contribution in [0, 0.1) is 0 Å². The number of nitrogens with one attached hydrogen (secondary N) is 2. The molecule has 0 spiro atoms. The number of carbonyl (C=O) groups excluding carboxylic acids is 1. The van der Waals surface area contributed by atoms with Gasteiger partial charge in [0.1, 0.15) is 11.8 Å². The fraction of sp³-hybridized carbons (Fsp3) is 0.0588. The summed E-state index contributed by atoms with van der Waals surface area (Å²) in [6, 6.07) is 12.9. The zero-order valence-electron chi connectivity index (χ0n) is 13.8. The van der Waals surface area contributed by atoms with E-state index in [0.717, 1.165) is 10.8 Å². The summed E-state index contributed by atoms with van der Waals surface area (Å²) < 4.78 is 11.3. The number of carbonyl (C=O) groups is 1.